The molecule has 3 heterocycles. The van der Waals surface area contributed by atoms with Gasteiger partial charge in [0.25, 0.3) is 0 Å². The first-order valence-corrected chi connectivity index (χ1v) is 20.2. The Morgan fingerprint density at radius 2 is 0.786 bits per heavy atom. The van der Waals surface area contributed by atoms with Gasteiger partial charge in [-0.05, 0) is 81.7 Å². The molecule has 11 rings (SSSR count). The molecule has 0 aliphatic carbocycles. The number of rotatable bonds is 6. The predicted molar refractivity (Wildman–Crippen MR) is 232 cm³/mol. The van der Waals surface area contributed by atoms with Crippen LogP contribution in [0.2, 0.25) is 0 Å². The Balaban J connectivity index is 1.02. The molecule has 0 saturated carbocycles. The largest absolute Gasteiger partial charge is 0.309 e. The lowest BCUT2D eigenvalue weighted by Gasteiger charge is -2.19. The molecule has 10 aromatic rings. The minimum Gasteiger partial charge on any atom is -0.309 e. The summed E-state index contributed by atoms with van der Waals surface area (Å²) in [4.78, 5) is 19.3. The topological polar surface area (TPSA) is 43.6 Å². The monoisotopic (exact) mass is 734 g/mol. The van der Waals surface area contributed by atoms with E-state index in [0.29, 0.717) is 17.5 Å². The van der Waals surface area contributed by atoms with Gasteiger partial charge in [-0.1, -0.05) is 146 Å². The summed E-state index contributed by atoms with van der Waals surface area (Å²) in [5, 5.41) is 2.49. The number of thiol groups is 1. The zero-order valence-corrected chi connectivity index (χ0v) is 31.2. The van der Waals surface area contributed by atoms with Crippen LogP contribution >= 0.6 is 10.9 Å². The molecule has 8 aromatic carbocycles. The molecule has 0 saturated heterocycles. The van der Waals surface area contributed by atoms with Crippen LogP contribution in [0.4, 0.5) is 0 Å². The Hall–Kier alpha value is -7.08. The van der Waals surface area contributed by atoms with E-state index in [2.05, 4.69) is 168 Å². The van der Waals surface area contributed by atoms with Crippen molar-refractivity contribution >= 4 is 32.7 Å². The number of para-hydroxylation sites is 1. The Morgan fingerprint density at radius 3 is 1.41 bits per heavy atom. The minimum absolute atomic E-state index is 0.637. The second-order valence-corrected chi connectivity index (χ2v) is 16.2. The van der Waals surface area contributed by atoms with Gasteiger partial charge in [-0.3, -0.25) is 0 Å². The third-order valence-corrected chi connectivity index (χ3v) is 13.3. The quantitative estimate of drug-likeness (QED) is 0.173. The molecule has 5 heteroatoms. The molecule has 0 unspecified atom stereocenters. The van der Waals surface area contributed by atoms with Crippen molar-refractivity contribution in [1.29, 1.82) is 0 Å². The minimum atomic E-state index is -0.686. The van der Waals surface area contributed by atoms with Crippen molar-refractivity contribution in [2.24, 2.45) is 0 Å². The van der Waals surface area contributed by atoms with Crippen LogP contribution in [-0.4, -0.2) is 19.5 Å². The fourth-order valence-electron chi connectivity index (χ4n) is 8.13. The highest BCUT2D eigenvalue weighted by molar-refractivity contribution is 8.17. The van der Waals surface area contributed by atoms with Crippen molar-refractivity contribution in [1.82, 2.24) is 19.5 Å². The van der Waals surface area contributed by atoms with Crippen molar-refractivity contribution in [3.05, 3.63) is 200 Å². The molecule has 1 aliphatic heterocycles. The zero-order chi connectivity index (χ0) is 37.0. The number of hydrogen-bond acceptors (Lipinski definition) is 3. The van der Waals surface area contributed by atoms with Crippen LogP contribution in [0.3, 0.4) is 0 Å². The van der Waals surface area contributed by atoms with E-state index in [9.17, 15) is 0 Å². The van der Waals surface area contributed by atoms with Gasteiger partial charge in [0, 0.05) is 42.9 Å². The maximum Gasteiger partial charge on any atom is 0.164 e. The number of aromatic nitrogens is 4. The first-order chi connectivity index (χ1) is 27.8. The lowest BCUT2D eigenvalue weighted by atomic mass is 10.0. The molecule has 0 bridgehead atoms. The van der Waals surface area contributed by atoms with Crippen LogP contribution in [0.5, 0.6) is 0 Å². The predicted octanol–water partition coefficient (Wildman–Crippen LogP) is 13.1. The summed E-state index contributed by atoms with van der Waals surface area (Å²) in [7, 11) is -0.686. The van der Waals surface area contributed by atoms with E-state index in [1.165, 1.54) is 53.2 Å². The smallest absolute Gasteiger partial charge is 0.164 e. The highest BCUT2D eigenvalue weighted by Crippen LogP contribution is 2.62. The summed E-state index contributed by atoms with van der Waals surface area (Å²) in [6.45, 7) is 0. The Bertz CT molecular complexity index is 3020. The first kappa shape index (κ1) is 32.4. The second kappa shape index (κ2) is 13.3. The van der Waals surface area contributed by atoms with Crippen LogP contribution in [-0.2, 0) is 0 Å². The highest BCUT2D eigenvalue weighted by Gasteiger charge is 2.27. The van der Waals surface area contributed by atoms with Gasteiger partial charge in [0.05, 0.1) is 11.0 Å². The van der Waals surface area contributed by atoms with E-state index >= 15 is 0 Å². The summed E-state index contributed by atoms with van der Waals surface area (Å²) >= 11 is 0. The summed E-state index contributed by atoms with van der Waals surface area (Å²) in [6.07, 6.45) is 0. The third kappa shape index (κ3) is 5.44. The summed E-state index contributed by atoms with van der Waals surface area (Å²) in [5.74, 6) is 1.93. The molecule has 0 N–H and O–H groups in total. The molecule has 4 nitrogen and oxygen atoms in total. The lowest BCUT2D eigenvalue weighted by molar-refractivity contribution is 1.07. The van der Waals surface area contributed by atoms with Crippen LogP contribution in [0.25, 0.3) is 83.9 Å². The molecular formula is C51H34N4S. The van der Waals surface area contributed by atoms with Gasteiger partial charge in [-0.15, -0.1) is 0 Å². The second-order valence-electron chi connectivity index (χ2n) is 14.1. The van der Waals surface area contributed by atoms with Gasteiger partial charge in [0.15, 0.2) is 17.5 Å². The maximum atomic E-state index is 5.06. The Kier molecular flexibility index (Phi) is 7.71. The molecule has 0 radical (unpaired) electrons. The third-order valence-electron chi connectivity index (χ3n) is 10.8. The molecule has 1 aliphatic rings. The van der Waals surface area contributed by atoms with E-state index in [4.69, 9.17) is 15.0 Å². The van der Waals surface area contributed by atoms with Gasteiger partial charge in [-0.25, -0.2) is 15.0 Å². The van der Waals surface area contributed by atoms with E-state index in [0.717, 1.165) is 27.9 Å². The number of fused-ring (bicyclic) bond motifs is 6. The normalized spacial score (nSPS) is 12.5. The van der Waals surface area contributed by atoms with Gasteiger partial charge in [-0.2, -0.15) is 10.9 Å². The lowest BCUT2D eigenvalue weighted by Crippen LogP contribution is -2.00. The van der Waals surface area contributed by atoms with E-state index in [-0.39, 0.29) is 0 Å². The van der Waals surface area contributed by atoms with Gasteiger partial charge >= 0.3 is 0 Å². The number of hydrogen-bond donors (Lipinski definition) is 1. The summed E-state index contributed by atoms with van der Waals surface area (Å²) in [6, 6.07) is 71.3. The van der Waals surface area contributed by atoms with E-state index in [1.54, 1.807) is 0 Å². The van der Waals surface area contributed by atoms with Gasteiger partial charge in [0.1, 0.15) is 0 Å². The average molecular weight is 735 g/mol. The zero-order valence-electron chi connectivity index (χ0n) is 30.3. The van der Waals surface area contributed by atoms with E-state index < -0.39 is 10.9 Å². The first-order valence-electron chi connectivity index (χ1n) is 18.9. The maximum absolute atomic E-state index is 5.06. The van der Waals surface area contributed by atoms with Crippen LogP contribution in [0.15, 0.2) is 215 Å². The van der Waals surface area contributed by atoms with E-state index in [1.807, 2.05) is 36.4 Å². The van der Waals surface area contributed by atoms with Gasteiger partial charge < -0.3 is 4.57 Å². The molecule has 0 atom stereocenters. The molecule has 2 aromatic heterocycles. The molecule has 56 heavy (non-hydrogen) atoms. The van der Waals surface area contributed by atoms with Crippen LogP contribution < -0.4 is 0 Å². The molecule has 0 amide bonds. The van der Waals surface area contributed by atoms with Crippen LogP contribution in [0, 0.1) is 0 Å². The van der Waals surface area contributed by atoms with Crippen molar-refractivity contribution < 1.29 is 0 Å². The van der Waals surface area contributed by atoms with Crippen molar-refractivity contribution in [2.75, 3.05) is 0 Å². The average Bonchev–Trinajstić information content (AvgIpc) is 3.79. The molecular weight excluding hydrogens is 701 g/mol. The van der Waals surface area contributed by atoms with Crippen molar-refractivity contribution in [3.8, 4) is 62.1 Å². The Morgan fingerprint density at radius 1 is 0.339 bits per heavy atom. The molecule has 0 spiro atoms. The SMILES string of the molecule is c1ccc(-c2ccc(-c3nc(-c4ccccc4)nc(-c4ccc(-n5c6ccccc6c6ccc([SH]7c8ccccc8-c8ccccc87)cc65)cc4)n3)cc2)cc1. The van der Waals surface area contributed by atoms with Crippen LogP contribution in [0.1, 0.15) is 0 Å². The fourth-order valence-corrected chi connectivity index (χ4v) is 10.8. The number of benzene rings is 8. The highest BCUT2D eigenvalue weighted by atomic mass is 32.2. The summed E-state index contributed by atoms with van der Waals surface area (Å²) in [5.41, 5.74) is 11.3. The Labute approximate surface area is 327 Å². The number of nitrogens with zero attached hydrogens (tertiary/aromatic N) is 4. The van der Waals surface area contributed by atoms with Crippen molar-refractivity contribution in [2.45, 2.75) is 14.7 Å². The summed E-state index contributed by atoms with van der Waals surface area (Å²) < 4.78 is 2.41. The standard InChI is InChI=1S/C51H34N4S/c1-3-13-34(14-4-1)35-23-25-37(26-24-35)50-52-49(36-15-5-2-6-16-36)53-51(54-50)38-27-29-39(30-28-38)55-45-20-10-7-17-41(45)42-32-31-40(33-46(42)55)56-47-21-11-8-18-43(47)44-19-9-12-22-48(44)56/h1-33,56H. The van der Waals surface area contributed by atoms with Gasteiger partial charge in [0.2, 0.25) is 0 Å². The van der Waals surface area contributed by atoms with Crippen molar-refractivity contribution in [3.63, 3.8) is 0 Å². The molecule has 0 fully saturated rings. The fraction of sp³-hybridized carbons (Fsp3) is 0. The molecule has 264 valence electrons.